The van der Waals surface area contributed by atoms with Crippen molar-refractivity contribution in [2.45, 2.75) is 28.9 Å². The Bertz CT molecular complexity index is 1150. The standard InChI is InChI=1S/C19H17BrN2O3S2/c20-13-5-9-15(10-6-13)27(24,25)12-11-26-19-21-17-4-2-1-3-16(17)18(23)22(19)14-7-8-14/h1-6,9-10,14H,7-8,11-12H2. The van der Waals surface area contributed by atoms with Crippen molar-refractivity contribution < 1.29 is 8.42 Å². The molecule has 8 heteroatoms. The van der Waals surface area contributed by atoms with Gasteiger partial charge >= 0.3 is 0 Å². The summed E-state index contributed by atoms with van der Waals surface area (Å²) in [4.78, 5) is 17.8. The summed E-state index contributed by atoms with van der Waals surface area (Å²) in [7, 11) is -3.37. The number of hydrogen-bond acceptors (Lipinski definition) is 5. The number of benzene rings is 2. The van der Waals surface area contributed by atoms with E-state index in [0.717, 1.165) is 17.3 Å². The van der Waals surface area contributed by atoms with Crippen LogP contribution >= 0.6 is 27.7 Å². The highest BCUT2D eigenvalue weighted by atomic mass is 79.9. The van der Waals surface area contributed by atoms with Crippen molar-refractivity contribution in [1.29, 1.82) is 0 Å². The monoisotopic (exact) mass is 464 g/mol. The van der Waals surface area contributed by atoms with E-state index in [1.807, 2.05) is 18.2 Å². The van der Waals surface area contributed by atoms with Crippen LogP contribution in [0.25, 0.3) is 10.9 Å². The second-order valence-electron chi connectivity index (χ2n) is 6.44. The first-order valence-electron chi connectivity index (χ1n) is 8.58. The number of thioether (sulfide) groups is 1. The lowest BCUT2D eigenvalue weighted by molar-refractivity contribution is 0.597. The van der Waals surface area contributed by atoms with E-state index in [4.69, 9.17) is 0 Å². The smallest absolute Gasteiger partial charge is 0.262 e. The zero-order valence-corrected chi connectivity index (χ0v) is 17.6. The third kappa shape index (κ3) is 3.97. The van der Waals surface area contributed by atoms with E-state index in [0.29, 0.717) is 26.7 Å². The van der Waals surface area contributed by atoms with E-state index in [2.05, 4.69) is 20.9 Å². The van der Waals surface area contributed by atoms with Gasteiger partial charge in [0.05, 0.1) is 21.6 Å². The molecular weight excluding hydrogens is 448 g/mol. The van der Waals surface area contributed by atoms with E-state index < -0.39 is 9.84 Å². The first-order valence-corrected chi connectivity index (χ1v) is 12.0. The number of aromatic nitrogens is 2. The molecule has 4 rings (SSSR count). The second-order valence-corrected chi connectivity index (χ2v) is 10.5. The quantitative estimate of drug-likeness (QED) is 0.406. The van der Waals surface area contributed by atoms with Crippen molar-refractivity contribution in [2.75, 3.05) is 11.5 Å². The number of sulfone groups is 1. The molecule has 0 saturated heterocycles. The lowest BCUT2D eigenvalue weighted by Gasteiger charge is -2.12. The largest absolute Gasteiger partial charge is 0.284 e. The van der Waals surface area contributed by atoms with Gasteiger partial charge in [-0.3, -0.25) is 9.36 Å². The zero-order valence-electron chi connectivity index (χ0n) is 14.3. The van der Waals surface area contributed by atoms with Gasteiger partial charge in [0.2, 0.25) is 0 Å². The molecule has 0 unspecified atom stereocenters. The summed E-state index contributed by atoms with van der Waals surface area (Å²) >= 11 is 4.64. The molecule has 0 spiro atoms. The molecule has 0 atom stereocenters. The van der Waals surface area contributed by atoms with Crippen molar-refractivity contribution in [2.24, 2.45) is 0 Å². The molecular formula is C19H17BrN2O3S2. The van der Waals surface area contributed by atoms with Gasteiger partial charge in [-0.1, -0.05) is 39.8 Å². The highest BCUT2D eigenvalue weighted by molar-refractivity contribution is 9.10. The summed E-state index contributed by atoms with van der Waals surface area (Å²) in [6.45, 7) is 0. The van der Waals surface area contributed by atoms with Gasteiger partial charge in [-0.25, -0.2) is 13.4 Å². The Balaban J connectivity index is 1.58. The molecule has 2 aromatic carbocycles. The summed E-state index contributed by atoms with van der Waals surface area (Å²) in [6, 6.07) is 14.1. The summed E-state index contributed by atoms with van der Waals surface area (Å²) in [5.41, 5.74) is 0.610. The Hall–Kier alpha value is -1.64. The summed E-state index contributed by atoms with van der Waals surface area (Å²) in [6.07, 6.45) is 1.93. The maximum Gasteiger partial charge on any atom is 0.262 e. The summed E-state index contributed by atoms with van der Waals surface area (Å²) in [5, 5.41) is 1.21. The van der Waals surface area contributed by atoms with Crippen LogP contribution in [0, 0.1) is 0 Å². The molecule has 0 N–H and O–H groups in total. The van der Waals surface area contributed by atoms with Crippen LogP contribution < -0.4 is 5.56 Å². The van der Waals surface area contributed by atoms with Crippen molar-refractivity contribution >= 4 is 48.4 Å². The van der Waals surface area contributed by atoms with Gasteiger partial charge in [-0.05, 0) is 49.2 Å². The van der Waals surface area contributed by atoms with Crippen LogP contribution in [0.4, 0.5) is 0 Å². The lowest BCUT2D eigenvalue weighted by atomic mass is 10.2. The average Bonchev–Trinajstić information content (AvgIpc) is 3.47. The SMILES string of the molecule is O=c1c2ccccc2nc(SCCS(=O)(=O)c2ccc(Br)cc2)n1C1CC1. The number of rotatable bonds is 6. The third-order valence-corrected chi connectivity index (χ3v) is 7.92. The number of para-hydroxylation sites is 1. The minimum Gasteiger partial charge on any atom is -0.284 e. The molecule has 1 fully saturated rings. The highest BCUT2D eigenvalue weighted by Gasteiger charge is 2.28. The molecule has 3 aromatic rings. The fourth-order valence-electron chi connectivity index (χ4n) is 2.88. The minimum absolute atomic E-state index is 0.00728. The second kappa shape index (κ2) is 7.41. The Morgan fingerprint density at radius 1 is 1.11 bits per heavy atom. The maximum absolute atomic E-state index is 12.8. The van der Waals surface area contributed by atoms with Crippen LogP contribution in [0.5, 0.6) is 0 Å². The van der Waals surface area contributed by atoms with Crippen LogP contribution in [0.2, 0.25) is 0 Å². The van der Waals surface area contributed by atoms with E-state index >= 15 is 0 Å². The van der Waals surface area contributed by atoms with E-state index in [1.54, 1.807) is 34.9 Å². The molecule has 27 heavy (non-hydrogen) atoms. The van der Waals surface area contributed by atoms with Crippen molar-refractivity contribution in [3.8, 4) is 0 Å². The summed E-state index contributed by atoms with van der Waals surface area (Å²) < 4.78 is 27.6. The predicted molar refractivity (Wildman–Crippen MR) is 111 cm³/mol. The van der Waals surface area contributed by atoms with Crippen molar-refractivity contribution in [1.82, 2.24) is 9.55 Å². The molecule has 0 bridgehead atoms. The molecule has 0 aliphatic heterocycles. The number of fused-ring (bicyclic) bond motifs is 1. The zero-order chi connectivity index (χ0) is 19.0. The van der Waals surface area contributed by atoms with Gasteiger partial charge in [-0.15, -0.1) is 0 Å². The van der Waals surface area contributed by atoms with Crippen molar-refractivity contribution in [3.63, 3.8) is 0 Å². The molecule has 140 valence electrons. The normalized spacial score (nSPS) is 14.6. The molecule has 5 nitrogen and oxygen atoms in total. The number of halogens is 1. The number of hydrogen-bond donors (Lipinski definition) is 0. The predicted octanol–water partition coefficient (Wildman–Crippen LogP) is 4.06. The van der Waals surface area contributed by atoms with E-state index in [1.165, 1.54) is 11.8 Å². The van der Waals surface area contributed by atoms with Gasteiger partial charge in [-0.2, -0.15) is 0 Å². The molecule has 1 aromatic heterocycles. The molecule has 0 radical (unpaired) electrons. The molecule has 1 aliphatic rings. The molecule has 1 heterocycles. The average molecular weight is 465 g/mol. The lowest BCUT2D eigenvalue weighted by Crippen LogP contribution is -2.22. The molecule has 0 amide bonds. The summed E-state index contributed by atoms with van der Waals surface area (Å²) in [5.74, 6) is 0.336. The minimum atomic E-state index is -3.37. The third-order valence-electron chi connectivity index (χ3n) is 4.44. The van der Waals surface area contributed by atoms with E-state index in [-0.39, 0.29) is 17.4 Å². The Kier molecular flexibility index (Phi) is 5.13. The van der Waals surface area contributed by atoms with Gasteiger partial charge in [0.25, 0.3) is 5.56 Å². The van der Waals surface area contributed by atoms with Crippen molar-refractivity contribution in [3.05, 3.63) is 63.4 Å². The van der Waals surface area contributed by atoms with E-state index in [9.17, 15) is 13.2 Å². The topological polar surface area (TPSA) is 69.0 Å². The Morgan fingerprint density at radius 2 is 1.81 bits per heavy atom. The van der Waals surface area contributed by atoms with Gasteiger partial charge in [0, 0.05) is 16.3 Å². The van der Waals surface area contributed by atoms with Crippen LogP contribution in [-0.4, -0.2) is 29.5 Å². The first-order chi connectivity index (χ1) is 13.0. The molecule has 1 aliphatic carbocycles. The fourth-order valence-corrected chi connectivity index (χ4v) is 5.86. The molecule has 1 saturated carbocycles. The van der Waals surface area contributed by atoms with Gasteiger partial charge in [0.15, 0.2) is 15.0 Å². The fraction of sp³-hybridized carbons (Fsp3) is 0.263. The van der Waals surface area contributed by atoms with Crippen LogP contribution in [0.3, 0.4) is 0 Å². The van der Waals surface area contributed by atoms with Gasteiger partial charge < -0.3 is 0 Å². The Labute approximate surface area is 169 Å². The van der Waals surface area contributed by atoms with Crippen LogP contribution in [0.1, 0.15) is 18.9 Å². The highest BCUT2D eigenvalue weighted by Crippen LogP contribution is 2.36. The van der Waals surface area contributed by atoms with Crippen LogP contribution in [0.15, 0.2) is 67.9 Å². The maximum atomic E-state index is 12.8. The Morgan fingerprint density at radius 3 is 2.52 bits per heavy atom. The van der Waals surface area contributed by atoms with Gasteiger partial charge in [0.1, 0.15) is 0 Å². The van der Waals surface area contributed by atoms with Crippen LogP contribution in [-0.2, 0) is 9.84 Å². The first kappa shape index (κ1) is 18.7. The number of nitrogens with zero attached hydrogens (tertiary/aromatic N) is 2.